The van der Waals surface area contributed by atoms with Gasteiger partial charge in [0, 0.05) is 37.5 Å². The summed E-state index contributed by atoms with van der Waals surface area (Å²) in [7, 11) is 0. The molecule has 0 unspecified atom stereocenters. The van der Waals surface area contributed by atoms with Crippen molar-refractivity contribution in [2.45, 2.75) is 26.4 Å². The van der Waals surface area contributed by atoms with Crippen molar-refractivity contribution in [2.75, 3.05) is 44.4 Å². The van der Waals surface area contributed by atoms with Gasteiger partial charge in [-0.1, -0.05) is 0 Å². The summed E-state index contributed by atoms with van der Waals surface area (Å²) in [6.45, 7) is 8.66. The maximum absolute atomic E-state index is 12.0. The minimum absolute atomic E-state index is 0.0296. The number of anilines is 1. The molecule has 0 aliphatic carbocycles. The van der Waals surface area contributed by atoms with Gasteiger partial charge in [-0.05, 0) is 44.5 Å². The first-order valence-corrected chi connectivity index (χ1v) is 7.99. The van der Waals surface area contributed by atoms with Gasteiger partial charge in [0.05, 0.1) is 19.3 Å². The van der Waals surface area contributed by atoms with E-state index in [9.17, 15) is 4.79 Å². The Kier molecular flexibility index (Phi) is 6.68. The SMILES string of the molecule is CC(C)OCCCNC(=O)c1ccc(N2CCOCC2)cc1. The molecule has 122 valence electrons. The van der Waals surface area contributed by atoms with E-state index in [0.29, 0.717) is 18.7 Å². The second-order valence-electron chi connectivity index (χ2n) is 5.68. The molecule has 1 aromatic rings. The van der Waals surface area contributed by atoms with E-state index in [2.05, 4.69) is 10.2 Å². The van der Waals surface area contributed by atoms with Gasteiger partial charge in [0.2, 0.25) is 0 Å². The van der Waals surface area contributed by atoms with Crippen molar-refractivity contribution < 1.29 is 14.3 Å². The lowest BCUT2D eigenvalue weighted by Crippen LogP contribution is -2.36. The molecule has 22 heavy (non-hydrogen) atoms. The number of hydrogen-bond donors (Lipinski definition) is 1. The maximum Gasteiger partial charge on any atom is 0.251 e. The molecule has 1 fully saturated rings. The van der Waals surface area contributed by atoms with E-state index in [1.807, 2.05) is 38.1 Å². The lowest BCUT2D eigenvalue weighted by Gasteiger charge is -2.28. The van der Waals surface area contributed by atoms with Crippen molar-refractivity contribution in [1.29, 1.82) is 0 Å². The number of nitrogens with one attached hydrogen (secondary N) is 1. The minimum atomic E-state index is -0.0296. The average molecular weight is 306 g/mol. The summed E-state index contributed by atoms with van der Waals surface area (Å²) in [5.41, 5.74) is 1.84. The summed E-state index contributed by atoms with van der Waals surface area (Å²) >= 11 is 0. The van der Waals surface area contributed by atoms with Crippen LogP contribution in [0.3, 0.4) is 0 Å². The predicted octanol–water partition coefficient (Wildman–Crippen LogP) is 2.07. The molecule has 0 bridgehead atoms. The Morgan fingerprint density at radius 1 is 1.27 bits per heavy atom. The van der Waals surface area contributed by atoms with E-state index >= 15 is 0 Å². The number of amides is 1. The summed E-state index contributed by atoms with van der Waals surface area (Å²) in [6, 6.07) is 7.76. The van der Waals surface area contributed by atoms with Crippen LogP contribution in [0.2, 0.25) is 0 Å². The van der Waals surface area contributed by atoms with E-state index in [4.69, 9.17) is 9.47 Å². The Labute approximate surface area is 132 Å². The van der Waals surface area contributed by atoms with E-state index in [-0.39, 0.29) is 12.0 Å². The van der Waals surface area contributed by atoms with Gasteiger partial charge in [0.25, 0.3) is 5.91 Å². The van der Waals surface area contributed by atoms with Gasteiger partial charge in [-0.2, -0.15) is 0 Å². The summed E-state index contributed by atoms with van der Waals surface area (Å²) in [5.74, 6) is -0.0296. The molecule has 0 aromatic heterocycles. The quantitative estimate of drug-likeness (QED) is 0.784. The van der Waals surface area contributed by atoms with Gasteiger partial charge in [-0.25, -0.2) is 0 Å². The van der Waals surface area contributed by atoms with E-state index in [0.717, 1.165) is 38.4 Å². The van der Waals surface area contributed by atoms with Crippen LogP contribution >= 0.6 is 0 Å². The number of hydrogen-bond acceptors (Lipinski definition) is 4. The molecule has 0 spiro atoms. The van der Waals surface area contributed by atoms with Crippen LogP contribution in [0.25, 0.3) is 0 Å². The number of carbonyl (C=O) groups excluding carboxylic acids is 1. The van der Waals surface area contributed by atoms with Crippen molar-refractivity contribution >= 4 is 11.6 Å². The number of morpholine rings is 1. The highest BCUT2D eigenvalue weighted by Crippen LogP contribution is 2.16. The zero-order valence-corrected chi connectivity index (χ0v) is 13.5. The molecule has 1 aromatic carbocycles. The van der Waals surface area contributed by atoms with Crippen LogP contribution in [0.15, 0.2) is 24.3 Å². The van der Waals surface area contributed by atoms with Gasteiger partial charge in [-0.15, -0.1) is 0 Å². The maximum atomic E-state index is 12.0. The molecule has 0 atom stereocenters. The average Bonchev–Trinajstić information content (AvgIpc) is 2.55. The lowest BCUT2D eigenvalue weighted by atomic mass is 10.1. The zero-order chi connectivity index (χ0) is 15.8. The standard InChI is InChI=1S/C17H26N2O3/c1-14(2)22-11-3-8-18-17(20)15-4-6-16(7-5-15)19-9-12-21-13-10-19/h4-7,14H,3,8-13H2,1-2H3,(H,18,20). The van der Waals surface area contributed by atoms with Crippen molar-refractivity contribution in [3.05, 3.63) is 29.8 Å². The van der Waals surface area contributed by atoms with Crippen LogP contribution in [0.1, 0.15) is 30.6 Å². The first-order chi connectivity index (χ1) is 10.7. The molecule has 0 saturated carbocycles. The molecule has 5 heteroatoms. The molecular weight excluding hydrogens is 280 g/mol. The highest BCUT2D eigenvalue weighted by Gasteiger charge is 2.12. The second kappa shape index (κ2) is 8.76. The van der Waals surface area contributed by atoms with Crippen molar-refractivity contribution in [3.63, 3.8) is 0 Å². The normalized spacial score (nSPS) is 15.1. The number of ether oxygens (including phenoxy) is 2. The summed E-state index contributed by atoms with van der Waals surface area (Å²) < 4.78 is 10.8. The van der Waals surface area contributed by atoms with Gasteiger partial charge < -0.3 is 19.7 Å². The van der Waals surface area contributed by atoms with Crippen molar-refractivity contribution in [1.82, 2.24) is 5.32 Å². The van der Waals surface area contributed by atoms with Crippen LogP contribution in [0, 0.1) is 0 Å². The van der Waals surface area contributed by atoms with Crippen LogP contribution in [-0.4, -0.2) is 51.5 Å². The van der Waals surface area contributed by atoms with Gasteiger partial charge in [-0.3, -0.25) is 4.79 Å². The summed E-state index contributed by atoms with van der Waals surface area (Å²) in [5, 5.41) is 2.92. The number of nitrogens with zero attached hydrogens (tertiary/aromatic N) is 1. The number of rotatable bonds is 7. The first kappa shape index (κ1) is 16.8. The Morgan fingerprint density at radius 2 is 1.95 bits per heavy atom. The summed E-state index contributed by atoms with van der Waals surface area (Å²) in [6.07, 6.45) is 1.07. The number of benzene rings is 1. The third-order valence-electron chi connectivity index (χ3n) is 3.56. The Morgan fingerprint density at radius 3 is 2.59 bits per heavy atom. The molecule has 1 aliphatic rings. The highest BCUT2D eigenvalue weighted by atomic mass is 16.5. The summed E-state index contributed by atoms with van der Waals surface area (Å²) in [4.78, 5) is 14.3. The van der Waals surface area contributed by atoms with E-state index < -0.39 is 0 Å². The molecule has 0 radical (unpaired) electrons. The molecule has 1 saturated heterocycles. The van der Waals surface area contributed by atoms with Gasteiger partial charge in [0.1, 0.15) is 0 Å². The molecule has 2 rings (SSSR count). The molecule has 1 heterocycles. The minimum Gasteiger partial charge on any atom is -0.379 e. The zero-order valence-electron chi connectivity index (χ0n) is 13.5. The fourth-order valence-electron chi connectivity index (χ4n) is 2.34. The Hall–Kier alpha value is -1.59. The Bertz CT molecular complexity index is 453. The Balaban J connectivity index is 1.75. The van der Waals surface area contributed by atoms with Gasteiger partial charge in [0.15, 0.2) is 0 Å². The van der Waals surface area contributed by atoms with E-state index in [1.54, 1.807) is 0 Å². The monoisotopic (exact) mass is 306 g/mol. The largest absolute Gasteiger partial charge is 0.379 e. The predicted molar refractivity (Wildman–Crippen MR) is 87.5 cm³/mol. The highest BCUT2D eigenvalue weighted by molar-refractivity contribution is 5.94. The lowest BCUT2D eigenvalue weighted by molar-refractivity contribution is 0.0757. The third kappa shape index (κ3) is 5.31. The molecule has 1 amide bonds. The number of carbonyl (C=O) groups is 1. The van der Waals surface area contributed by atoms with Crippen LogP contribution in [0.5, 0.6) is 0 Å². The fourth-order valence-corrected chi connectivity index (χ4v) is 2.34. The fraction of sp³-hybridized carbons (Fsp3) is 0.588. The van der Waals surface area contributed by atoms with Crippen LogP contribution in [0.4, 0.5) is 5.69 Å². The van der Waals surface area contributed by atoms with Gasteiger partial charge >= 0.3 is 0 Å². The molecule has 1 aliphatic heterocycles. The van der Waals surface area contributed by atoms with Crippen LogP contribution in [-0.2, 0) is 9.47 Å². The van der Waals surface area contributed by atoms with Crippen molar-refractivity contribution in [2.24, 2.45) is 0 Å². The van der Waals surface area contributed by atoms with E-state index in [1.165, 1.54) is 0 Å². The third-order valence-corrected chi connectivity index (χ3v) is 3.56. The molecule has 5 nitrogen and oxygen atoms in total. The second-order valence-corrected chi connectivity index (χ2v) is 5.68. The first-order valence-electron chi connectivity index (χ1n) is 7.99. The smallest absolute Gasteiger partial charge is 0.251 e. The van der Waals surface area contributed by atoms with Crippen LogP contribution < -0.4 is 10.2 Å². The van der Waals surface area contributed by atoms with Crippen molar-refractivity contribution in [3.8, 4) is 0 Å². The topological polar surface area (TPSA) is 50.8 Å². The molecule has 1 N–H and O–H groups in total. The molecular formula is C17H26N2O3.